The van der Waals surface area contributed by atoms with Crippen LogP contribution < -0.4 is 9.64 Å². The van der Waals surface area contributed by atoms with E-state index in [0.29, 0.717) is 5.75 Å². The topological polar surface area (TPSA) is 66.8 Å². The third-order valence-electron chi connectivity index (χ3n) is 3.73. The van der Waals surface area contributed by atoms with Crippen molar-refractivity contribution in [2.45, 2.75) is 20.3 Å². The highest BCUT2D eigenvalue weighted by atomic mass is 16.5. The van der Waals surface area contributed by atoms with Crippen LogP contribution in [0.2, 0.25) is 0 Å². The number of nitrogens with zero attached hydrogens (tertiary/aromatic N) is 1. The van der Waals surface area contributed by atoms with Crippen LogP contribution in [0.1, 0.15) is 20.3 Å². The lowest BCUT2D eigenvalue weighted by Crippen LogP contribution is -2.29. The maximum Gasteiger partial charge on any atom is 0.341 e. The fourth-order valence-electron chi connectivity index (χ4n) is 2.16. The zero-order valence-electron chi connectivity index (χ0n) is 11.9. The SMILES string of the molecule is CN(C(=O)[C@H]1CC1(C)C)c1ccc(OCC(=O)O)cc1. The number of benzene rings is 1. The number of hydrogen-bond acceptors (Lipinski definition) is 3. The van der Waals surface area contributed by atoms with E-state index in [2.05, 4.69) is 13.8 Å². The van der Waals surface area contributed by atoms with E-state index in [4.69, 9.17) is 9.84 Å². The Kier molecular flexibility index (Phi) is 3.70. The number of carboxylic acid groups (broad SMARTS) is 1. The van der Waals surface area contributed by atoms with Crippen molar-refractivity contribution in [3.05, 3.63) is 24.3 Å². The van der Waals surface area contributed by atoms with Gasteiger partial charge in [0.1, 0.15) is 5.75 Å². The van der Waals surface area contributed by atoms with Crippen LogP contribution in [0.5, 0.6) is 5.75 Å². The molecule has 1 fully saturated rings. The molecule has 1 saturated carbocycles. The summed E-state index contributed by atoms with van der Waals surface area (Å²) in [6.07, 6.45) is 0.927. The maximum absolute atomic E-state index is 12.2. The normalized spacial score (nSPS) is 19.2. The second kappa shape index (κ2) is 5.15. The van der Waals surface area contributed by atoms with Crippen LogP contribution >= 0.6 is 0 Å². The maximum atomic E-state index is 12.2. The van der Waals surface area contributed by atoms with E-state index in [-0.39, 0.29) is 23.8 Å². The average molecular weight is 277 g/mol. The predicted molar refractivity (Wildman–Crippen MR) is 74.9 cm³/mol. The molecular weight excluding hydrogens is 258 g/mol. The molecule has 0 radical (unpaired) electrons. The average Bonchev–Trinajstić information content (AvgIpc) is 3.04. The van der Waals surface area contributed by atoms with Crippen LogP contribution in [-0.4, -0.2) is 30.6 Å². The summed E-state index contributed by atoms with van der Waals surface area (Å²) in [7, 11) is 1.75. The zero-order chi connectivity index (χ0) is 14.9. The van der Waals surface area contributed by atoms with E-state index in [1.165, 1.54) is 0 Å². The molecule has 1 aliphatic rings. The van der Waals surface area contributed by atoms with Gasteiger partial charge in [0, 0.05) is 18.7 Å². The molecule has 0 bridgehead atoms. The first-order valence-corrected chi connectivity index (χ1v) is 6.53. The molecule has 5 heteroatoms. The molecule has 0 aliphatic heterocycles. The fraction of sp³-hybridized carbons (Fsp3) is 0.467. The van der Waals surface area contributed by atoms with Gasteiger partial charge in [0.25, 0.3) is 0 Å². The Morgan fingerprint density at radius 3 is 2.35 bits per heavy atom. The molecule has 1 amide bonds. The number of hydrogen-bond donors (Lipinski definition) is 1. The molecule has 0 saturated heterocycles. The Hall–Kier alpha value is -2.04. The quantitative estimate of drug-likeness (QED) is 0.895. The van der Waals surface area contributed by atoms with Crippen molar-refractivity contribution < 1.29 is 19.4 Å². The lowest BCUT2D eigenvalue weighted by Gasteiger charge is -2.18. The first-order chi connectivity index (χ1) is 9.31. The molecule has 0 spiro atoms. The molecule has 1 N–H and O–H groups in total. The number of aliphatic carboxylic acids is 1. The van der Waals surface area contributed by atoms with Gasteiger partial charge in [-0.25, -0.2) is 4.79 Å². The first kappa shape index (κ1) is 14.4. The van der Waals surface area contributed by atoms with Crippen molar-refractivity contribution in [2.75, 3.05) is 18.6 Å². The summed E-state index contributed by atoms with van der Waals surface area (Å²) in [4.78, 5) is 24.3. The lowest BCUT2D eigenvalue weighted by molar-refractivity contribution is -0.139. The molecule has 1 atom stereocenters. The minimum atomic E-state index is -1.02. The number of carbonyl (C=O) groups is 2. The molecule has 1 aliphatic carbocycles. The third kappa shape index (κ3) is 3.10. The van der Waals surface area contributed by atoms with Gasteiger partial charge < -0.3 is 14.7 Å². The van der Waals surface area contributed by atoms with E-state index in [1.807, 2.05) is 0 Å². The van der Waals surface area contributed by atoms with Gasteiger partial charge in [-0.15, -0.1) is 0 Å². The molecule has 5 nitrogen and oxygen atoms in total. The fourth-order valence-corrected chi connectivity index (χ4v) is 2.16. The second-order valence-electron chi connectivity index (χ2n) is 5.82. The van der Waals surface area contributed by atoms with Crippen molar-refractivity contribution in [3.8, 4) is 5.75 Å². The Morgan fingerprint density at radius 2 is 1.90 bits per heavy atom. The zero-order valence-corrected chi connectivity index (χ0v) is 11.9. The highest BCUT2D eigenvalue weighted by Gasteiger charge is 2.51. The van der Waals surface area contributed by atoms with E-state index < -0.39 is 5.97 Å². The summed E-state index contributed by atoms with van der Waals surface area (Å²) in [5, 5.41) is 8.53. The molecular formula is C15H19NO4. The summed E-state index contributed by atoms with van der Waals surface area (Å²) in [5.41, 5.74) is 0.885. The number of carbonyl (C=O) groups excluding carboxylic acids is 1. The first-order valence-electron chi connectivity index (χ1n) is 6.53. The van der Waals surface area contributed by atoms with Gasteiger partial charge in [-0.1, -0.05) is 13.8 Å². The van der Waals surface area contributed by atoms with Gasteiger partial charge in [-0.05, 0) is 36.1 Å². The Morgan fingerprint density at radius 1 is 1.35 bits per heavy atom. The molecule has 0 unspecified atom stereocenters. The summed E-state index contributed by atoms with van der Waals surface area (Å²) in [6.45, 7) is 3.81. The summed E-state index contributed by atoms with van der Waals surface area (Å²) in [5.74, 6) is -0.328. The highest BCUT2D eigenvalue weighted by molar-refractivity contribution is 5.96. The van der Waals surface area contributed by atoms with Crippen molar-refractivity contribution >= 4 is 17.6 Å². The van der Waals surface area contributed by atoms with E-state index in [9.17, 15) is 9.59 Å². The Labute approximate surface area is 118 Å². The molecule has 108 valence electrons. The van der Waals surface area contributed by atoms with Gasteiger partial charge in [-0.2, -0.15) is 0 Å². The van der Waals surface area contributed by atoms with Crippen LogP contribution in [0.25, 0.3) is 0 Å². The van der Waals surface area contributed by atoms with Crippen molar-refractivity contribution in [2.24, 2.45) is 11.3 Å². The lowest BCUT2D eigenvalue weighted by atomic mass is 10.1. The largest absolute Gasteiger partial charge is 0.482 e. The van der Waals surface area contributed by atoms with Gasteiger partial charge in [0.05, 0.1) is 0 Å². The molecule has 0 aromatic heterocycles. The minimum Gasteiger partial charge on any atom is -0.482 e. The van der Waals surface area contributed by atoms with Gasteiger partial charge in [0.15, 0.2) is 6.61 Å². The van der Waals surface area contributed by atoms with Gasteiger partial charge in [-0.3, -0.25) is 4.79 Å². The van der Waals surface area contributed by atoms with Crippen LogP contribution in [0.3, 0.4) is 0 Å². The molecule has 2 rings (SSSR count). The van der Waals surface area contributed by atoms with Crippen molar-refractivity contribution in [3.63, 3.8) is 0 Å². The van der Waals surface area contributed by atoms with E-state index in [1.54, 1.807) is 36.2 Å². The Bertz CT molecular complexity index is 521. The Balaban J connectivity index is 1.99. The molecule has 20 heavy (non-hydrogen) atoms. The van der Waals surface area contributed by atoms with Crippen LogP contribution in [0, 0.1) is 11.3 Å². The number of ether oxygens (including phenoxy) is 1. The smallest absolute Gasteiger partial charge is 0.341 e. The highest BCUT2D eigenvalue weighted by Crippen LogP contribution is 2.52. The standard InChI is InChI=1S/C15H19NO4/c1-15(2)8-12(15)14(19)16(3)10-4-6-11(7-5-10)20-9-13(17)18/h4-7,12H,8-9H2,1-3H3,(H,17,18)/t12-/m1/s1. The van der Waals surface area contributed by atoms with Crippen molar-refractivity contribution in [1.82, 2.24) is 0 Å². The van der Waals surface area contributed by atoms with Crippen LogP contribution in [0.15, 0.2) is 24.3 Å². The van der Waals surface area contributed by atoms with Crippen LogP contribution in [-0.2, 0) is 9.59 Å². The molecule has 0 heterocycles. The molecule has 1 aromatic carbocycles. The van der Waals surface area contributed by atoms with E-state index in [0.717, 1.165) is 12.1 Å². The second-order valence-corrected chi connectivity index (χ2v) is 5.82. The number of anilines is 1. The minimum absolute atomic E-state index is 0.0930. The number of amides is 1. The summed E-state index contributed by atoms with van der Waals surface area (Å²) >= 11 is 0. The molecule has 1 aromatic rings. The summed E-state index contributed by atoms with van der Waals surface area (Å²) in [6, 6.07) is 6.84. The van der Waals surface area contributed by atoms with Gasteiger partial charge in [0.2, 0.25) is 5.91 Å². The van der Waals surface area contributed by atoms with Crippen LogP contribution in [0.4, 0.5) is 5.69 Å². The van der Waals surface area contributed by atoms with E-state index >= 15 is 0 Å². The third-order valence-corrected chi connectivity index (χ3v) is 3.73. The van der Waals surface area contributed by atoms with Crippen molar-refractivity contribution in [1.29, 1.82) is 0 Å². The number of carboxylic acids is 1. The predicted octanol–water partition coefficient (Wildman–Crippen LogP) is 2.16. The number of rotatable bonds is 5. The monoisotopic (exact) mass is 277 g/mol. The summed E-state index contributed by atoms with van der Waals surface area (Å²) < 4.78 is 5.05. The van der Waals surface area contributed by atoms with Gasteiger partial charge >= 0.3 is 5.97 Å².